The van der Waals surface area contributed by atoms with E-state index in [0.717, 1.165) is 10.0 Å². The van der Waals surface area contributed by atoms with Crippen LogP contribution in [0.4, 0.5) is 10.5 Å². The first-order chi connectivity index (χ1) is 11.1. The van der Waals surface area contributed by atoms with Crippen LogP contribution in [0, 0.1) is 6.92 Å². The minimum absolute atomic E-state index is 0.0751. The molecule has 0 heterocycles. The maximum atomic E-state index is 12.0. The SMILES string of the molecule is CC1=CC(=O)C(C)(Br)C(Br)C1=NOC(=O)Nc1ccc(C)cc1Br. The number of ketones is 1. The third-order valence-corrected chi connectivity index (χ3v) is 7.01. The van der Waals surface area contributed by atoms with Crippen LogP contribution in [-0.4, -0.2) is 26.7 Å². The fourth-order valence-corrected chi connectivity index (χ4v) is 3.65. The first kappa shape index (κ1) is 19.3. The van der Waals surface area contributed by atoms with Gasteiger partial charge in [0.05, 0.1) is 16.2 Å². The van der Waals surface area contributed by atoms with Gasteiger partial charge in [0, 0.05) is 4.47 Å². The molecule has 5 nitrogen and oxygen atoms in total. The fraction of sp³-hybridized carbons (Fsp3) is 0.312. The van der Waals surface area contributed by atoms with Crippen molar-refractivity contribution < 1.29 is 14.4 Å². The molecule has 0 spiro atoms. The van der Waals surface area contributed by atoms with Crippen LogP contribution in [0.15, 0.2) is 39.5 Å². The van der Waals surface area contributed by atoms with Crippen molar-refractivity contribution in [2.24, 2.45) is 5.16 Å². The first-order valence-electron chi connectivity index (χ1n) is 7.01. The van der Waals surface area contributed by atoms with E-state index in [1.807, 2.05) is 19.1 Å². The minimum Gasteiger partial charge on any atom is -0.297 e. The van der Waals surface area contributed by atoms with Crippen molar-refractivity contribution in [2.75, 3.05) is 5.32 Å². The van der Waals surface area contributed by atoms with Gasteiger partial charge in [0.25, 0.3) is 0 Å². The van der Waals surface area contributed by atoms with Crippen molar-refractivity contribution in [1.29, 1.82) is 0 Å². The maximum absolute atomic E-state index is 12.0. The lowest BCUT2D eigenvalue weighted by Crippen LogP contribution is -2.45. The Morgan fingerprint density at radius 3 is 2.67 bits per heavy atom. The summed E-state index contributed by atoms with van der Waals surface area (Å²) in [5.41, 5.74) is 2.76. The summed E-state index contributed by atoms with van der Waals surface area (Å²) in [5.74, 6) is -0.0751. The van der Waals surface area contributed by atoms with Crippen molar-refractivity contribution in [3.05, 3.63) is 39.9 Å². The van der Waals surface area contributed by atoms with Gasteiger partial charge in [-0.15, -0.1) is 0 Å². The first-order valence-corrected chi connectivity index (χ1v) is 9.51. The number of amides is 1. The highest BCUT2D eigenvalue weighted by atomic mass is 79.9. The van der Waals surface area contributed by atoms with E-state index in [0.29, 0.717) is 17.0 Å². The Kier molecular flexibility index (Phi) is 6.04. The standard InChI is InChI=1S/C16H15Br3N2O3/c1-8-4-5-11(10(17)6-8)20-15(23)24-21-13-9(2)7-12(22)16(3,19)14(13)18/h4-7,14H,1-3H3,(H,20,23). The summed E-state index contributed by atoms with van der Waals surface area (Å²) >= 11 is 10.2. The Balaban J connectivity index is 2.13. The topological polar surface area (TPSA) is 67.8 Å². The monoisotopic (exact) mass is 520 g/mol. The smallest absolute Gasteiger partial charge is 0.297 e. The molecule has 8 heteroatoms. The summed E-state index contributed by atoms with van der Waals surface area (Å²) in [5, 5.41) is 6.52. The number of alkyl halides is 2. The zero-order valence-electron chi connectivity index (χ0n) is 13.2. The van der Waals surface area contributed by atoms with E-state index in [1.165, 1.54) is 6.08 Å². The molecule has 0 saturated carbocycles. The van der Waals surface area contributed by atoms with E-state index in [1.54, 1.807) is 19.9 Å². The Hall–Kier alpha value is -0.990. The van der Waals surface area contributed by atoms with Crippen molar-refractivity contribution in [2.45, 2.75) is 29.9 Å². The Morgan fingerprint density at radius 2 is 2.04 bits per heavy atom. The van der Waals surface area contributed by atoms with Gasteiger partial charge in [-0.25, -0.2) is 4.79 Å². The van der Waals surface area contributed by atoms with Gasteiger partial charge in [-0.2, -0.15) is 0 Å². The lowest BCUT2D eigenvalue weighted by Gasteiger charge is -2.30. The molecule has 2 unspecified atom stereocenters. The van der Waals surface area contributed by atoms with Crippen molar-refractivity contribution >= 4 is 71.1 Å². The number of carbonyl (C=O) groups excluding carboxylic acids is 2. The summed E-state index contributed by atoms with van der Waals surface area (Å²) in [6.07, 6.45) is 0.760. The summed E-state index contributed by atoms with van der Waals surface area (Å²) in [4.78, 5) is 28.5. The number of hydrogen-bond acceptors (Lipinski definition) is 4. The number of halogens is 3. The average Bonchev–Trinajstić information content (AvgIpc) is 2.48. The number of benzene rings is 1. The highest BCUT2D eigenvalue weighted by Crippen LogP contribution is 2.36. The molecule has 1 aliphatic carbocycles. The van der Waals surface area contributed by atoms with Gasteiger partial charge in [0.2, 0.25) is 0 Å². The molecule has 0 saturated heterocycles. The van der Waals surface area contributed by atoms with Crippen molar-refractivity contribution in [3.63, 3.8) is 0 Å². The third kappa shape index (κ3) is 4.15. The Labute approximate surface area is 165 Å². The molecule has 2 atom stereocenters. The molecule has 1 aliphatic rings. The Morgan fingerprint density at radius 1 is 1.38 bits per heavy atom. The second-order valence-electron chi connectivity index (χ2n) is 5.59. The summed E-state index contributed by atoms with van der Waals surface area (Å²) in [7, 11) is 0. The van der Waals surface area contributed by atoms with Crippen LogP contribution in [-0.2, 0) is 9.63 Å². The van der Waals surface area contributed by atoms with E-state index in [2.05, 4.69) is 58.3 Å². The summed E-state index contributed by atoms with van der Waals surface area (Å²) < 4.78 is -0.0941. The molecule has 1 aromatic rings. The minimum atomic E-state index is -0.842. The second kappa shape index (κ2) is 7.49. The third-order valence-electron chi connectivity index (χ3n) is 3.54. The maximum Gasteiger partial charge on any atom is 0.437 e. The lowest BCUT2D eigenvalue weighted by atomic mass is 9.88. The van der Waals surface area contributed by atoms with Gasteiger partial charge in [-0.3, -0.25) is 14.9 Å². The summed E-state index contributed by atoms with van der Waals surface area (Å²) in [6, 6.07) is 5.52. The van der Waals surface area contributed by atoms with Gasteiger partial charge in [0.15, 0.2) is 5.78 Å². The highest BCUT2D eigenvalue weighted by molar-refractivity contribution is 9.13. The average molecular weight is 523 g/mol. The van der Waals surface area contributed by atoms with Gasteiger partial charge < -0.3 is 0 Å². The van der Waals surface area contributed by atoms with Crippen LogP contribution in [0.2, 0.25) is 0 Å². The molecule has 0 fully saturated rings. The molecule has 1 aromatic carbocycles. The summed E-state index contributed by atoms with van der Waals surface area (Å²) in [6.45, 7) is 5.42. The molecule has 0 radical (unpaired) electrons. The van der Waals surface area contributed by atoms with Gasteiger partial charge in [0.1, 0.15) is 4.32 Å². The molecule has 0 aromatic heterocycles. The van der Waals surface area contributed by atoms with Crippen molar-refractivity contribution in [3.8, 4) is 0 Å². The quantitative estimate of drug-likeness (QED) is 0.333. The molecule has 128 valence electrons. The van der Waals surface area contributed by atoms with Crippen molar-refractivity contribution in [1.82, 2.24) is 0 Å². The molecular formula is C16H15Br3N2O3. The molecular weight excluding hydrogens is 508 g/mol. The number of allylic oxidation sites excluding steroid dienone is 2. The van der Waals surface area contributed by atoms with E-state index < -0.39 is 15.2 Å². The normalized spacial score (nSPS) is 25.4. The number of anilines is 1. The molecule has 2 rings (SSSR count). The second-order valence-corrected chi connectivity index (χ2v) is 9.01. The van der Waals surface area contributed by atoms with Gasteiger partial charge in [-0.05, 0) is 66.0 Å². The Bertz CT molecular complexity index is 757. The lowest BCUT2D eigenvalue weighted by molar-refractivity contribution is -0.116. The number of rotatable bonds is 2. The van der Waals surface area contributed by atoms with Crippen LogP contribution in [0.1, 0.15) is 19.4 Å². The number of oxime groups is 1. The number of hydrogen-bond donors (Lipinski definition) is 1. The predicted octanol–water partition coefficient (Wildman–Crippen LogP) is 5.11. The molecule has 1 N–H and O–H groups in total. The fourth-order valence-electron chi connectivity index (χ4n) is 2.06. The van der Waals surface area contributed by atoms with Crippen LogP contribution < -0.4 is 5.32 Å². The van der Waals surface area contributed by atoms with E-state index in [4.69, 9.17) is 4.84 Å². The van der Waals surface area contributed by atoms with Gasteiger partial charge in [-0.1, -0.05) is 43.1 Å². The zero-order valence-corrected chi connectivity index (χ0v) is 18.0. The van der Waals surface area contributed by atoms with E-state index in [9.17, 15) is 9.59 Å². The van der Waals surface area contributed by atoms with Crippen LogP contribution in [0.3, 0.4) is 0 Å². The van der Waals surface area contributed by atoms with Crippen LogP contribution >= 0.6 is 47.8 Å². The van der Waals surface area contributed by atoms with Gasteiger partial charge >= 0.3 is 6.09 Å². The van der Waals surface area contributed by atoms with E-state index >= 15 is 0 Å². The number of aryl methyl sites for hydroxylation is 1. The van der Waals surface area contributed by atoms with Crippen LogP contribution in [0.25, 0.3) is 0 Å². The zero-order chi connectivity index (χ0) is 18.1. The largest absolute Gasteiger partial charge is 0.437 e. The highest BCUT2D eigenvalue weighted by Gasteiger charge is 2.43. The number of carbonyl (C=O) groups is 2. The number of nitrogens with one attached hydrogen (secondary N) is 1. The molecule has 0 aliphatic heterocycles. The molecule has 1 amide bonds. The molecule has 24 heavy (non-hydrogen) atoms. The van der Waals surface area contributed by atoms with Crippen LogP contribution in [0.5, 0.6) is 0 Å². The predicted molar refractivity (Wildman–Crippen MR) is 105 cm³/mol. The number of nitrogens with zero attached hydrogens (tertiary/aromatic N) is 1. The molecule has 0 bridgehead atoms. The van der Waals surface area contributed by atoms with E-state index in [-0.39, 0.29) is 5.78 Å².